The molecule has 2 N–H and O–H groups in total. The molecule has 3 aromatic carbocycles. The van der Waals surface area contributed by atoms with Crippen LogP contribution in [0.4, 0.5) is 5.69 Å². The maximum Gasteiger partial charge on any atom is 0.263 e. The molecule has 0 heterocycles. The Bertz CT molecular complexity index is 1240. The number of anilines is 1. The summed E-state index contributed by atoms with van der Waals surface area (Å²) < 4.78 is 28.4. The molecule has 0 saturated carbocycles. The van der Waals surface area contributed by atoms with E-state index in [2.05, 4.69) is 16.1 Å². The minimum atomic E-state index is -3.96. The number of amides is 1. The molecule has 1 aliphatic carbocycles. The number of nitrogens with one attached hydrogen (secondary N) is 2. The molecule has 1 atom stereocenters. The number of hydrogen-bond donors (Lipinski definition) is 2. The van der Waals surface area contributed by atoms with Crippen LogP contribution in [0.3, 0.4) is 0 Å². The van der Waals surface area contributed by atoms with Gasteiger partial charge in [0, 0.05) is 11.3 Å². The van der Waals surface area contributed by atoms with Crippen molar-refractivity contribution in [2.45, 2.75) is 37.1 Å². The molecule has 0 saturated heterocycles. The van der Waals surface area contributed by atoms with Gasteiger partial charge >= 0.3 is 0 Å². The smallest absolute Gasteiger partial charge is 0.263 e. The van der Waals surface area contributed by atoms with Crippen LogP contribution in [0, 0.1) is 6.92 Å². The van der Waals surface area contributed by atoms with Crippen LogP contribution in [0.1, 0.15) is 45.9 Å². The molecule has 0 unspecified atom stereocenters. The Labute approximate surface area is 187 Å². The van der Waals surface area contributed by atoms with Crippen molar-refractivity contribution in [1.82, 2.24) is 5.32 Å². The van der Waals surface area contributed by atoms with E-state index in [1.165, 1.54) is 23.8 Å². The summed E-state index contributed by atoms with van der Waals surface area (Å²) in [6.45, 7) is 1.87. The third-order valence-electron chi connectivity index (χ3n) is 5.43. The Balaban J connectivity index is 1.58. The maximum atomic E-state index is 12.9. The Morgan fingerprint density at radius 2 is 1.84 bits per heavy atom. The number of aryl methyl sites for hydroxylation is 2. The SMILES string of the molecule is Cc1cccc(NS(=O)(=O)c2cc(C(=O)N[C@@H]3CCCc4ccccc43)ccc2Cl)c1. The number of halogens is 1. The van der Waals surface area contributed by atoms with Gasteiger partial charge in [-0.05, 0) is 73.2 Å². The maximum absolute atomic E-state index is 12.9. The Hall–Kier alpha value is -2.83. The van der Waals surface area contributed by atoms with Gasteiger partial charge in [-0.25, -0.2) is 8.42 Å². The van der Waals surface area contributed by atoms with Crippen LogP contribution >= 0.6 is 11.6 Å². The van der Waals surface area contributed by atoms with E-state index in [9.17, 15) is 13.2 Å². The lowest BCUT2D eigenvalue weighted by atomic mass is 9.87. The molecule has 1 amide bonds. The van der Waals surface area contributed by atoms with Crippen LogP contribution in [-0.2, 0) is 16.4 Å². The molecule has 0 aromatic heterocycles. The highest BCUT2D eigenvalue weighted by Gasteiger charge is 2.24. The second kappa shape index (κ2) is 8.73. The van der Waals surface area contributed by atoms with Crippen LogP contribution in [0.2, 0.25) is 5.02 Å². The minimum Gasteiger partial charge on any atom is -0.345 e. The first-order valence-corrected chi connectivity index (χ1v) is 12.0. The number of sulfonamides is 1. The van der Waals surface area contributed by atoms with Crippen molar-refractivity contribution in [3.63, 3.8) is 0 Å². The van der Waals surface area contributed by atoms with Crippen molar-refractivity contribution in [3.8, 4) is 0 Å². The zero-order valence-electron chi connectivity index (χ0n) is 17.1. The van der Waals surface area contributed by atoms with E-state index >= 15 is 0 Å². The number of carbonyl (C=O) groups is 1. The van der Waals surface area contributed by atoms with E-state index in [-0.39, 0.29) is 27.4 Å². The fourth-order valence-corrected chi connectivity index (χ4v) is 5.49. The van der Waals surface area contributed by atoms with E-state index in [4.69, 9.17) is 11.6 Å². The van der Waals surface area contributed by atoms with Crippen molar-refractivity contribution in [2.75, 3.05) is 4.72 Å². The number of rotatable bonds is 5. The second-order valence-corrected chi connectivity index (χ2v) is 9.80. The first-order chi connectivity index (χ1) is 14.8. The Morgan fingerprint density at radius 1 is 1.03 bits per heavy atom. The molecule has 7 heteroatoms. The van der Waals surface area contributed by atoms with Gasteiger partial charge in [-0.15, -0.1) is 0 Å². The molecule has 3 aromatic rings. The average molecular weight is 455 g/mol. The van der Waals surface area contributed by atoms with Crippen molar-refractivity contribution < 1.29 is 13.2 Å². The van der Waals surface area contributed by atoms with Gasteiger partial charge in [0.1, 0.15) is 4.90 Å². The van der Waals surface area contributed by atoms with Gasteiger partial charge in [-0.2, -0.15) is 0 Å². The summed E-state index contributed by atoms with van der Waals surface area (Å²) in [6.07, 6.45) is 2.83. The van der Waals surface area contributed by atoms with Crippen LogP contribution < -0.4 is 10.0 Å². The van der Waals surface area contributed by atoms with Gasteiger partial charge in [0.15, 0.2) is 0 Å². The molecular formula is C24H23ClN2O3S. The predicted octanol–water partition coefficient (Wildman–Crippen LogP) is 5.26. The third-order valence-corrected chi connectivity index (χ3v) is 7.29. The predicted molar refractivity (Wildman–Crippen MR) is 123 cm³/mol. The van der Waals surface area contributed by atoms with Crippen molar-refractivity contribution >= 4 is 33.2 Å². The van der Waals surface area contributed by atoms with E-state index in [1.54, 1.807) is 18.2 Å². The zero-order chi connectivity index (χ0) is 22.0. The van der Waals surface area contributed by atoms with Crippen molar-refractivity contribution in [3.05, 3.63) is 94.0 Å². The van der Waals surface area contributed by atoms with Crippen LogP contribution in [-0.4, -0.2) is 14.3 Å². The van der Waals surface area contributed by atoms with Gasteiger partial charge in [0.05, 0.1) is 11.1 Å². The first kappa shape index (κ1) is 21.4. The number of hydrogen-bond acceptors (Lipinski definition) is 3. The summed E-state index contributed by atoms with van der Waals surface area (Å²) in [7, 11) is -3.96. The number of benzene rings is 3. The van der Waals surface area contributed by atoms with Crippen molar-refractivity contribution in [1.29, 1.82) is 0 Å². The lowest BCUT2D eigenvalue weighted by Crippen LogP contribution is -2.31. The largest absolute Gasteiger partial charge is 0.345 e. The average Bonchev–Trinajstić information content (AvgIpc) is 2.74. The molecule has 0 radical (unpaired) electrons. The monoisotopic (exact) mass is 454 g/mol. The molecule has 0 aliphatic heterocycles. The van der Waals surface area contributed by atoms with Gasteiger partial charge in [0.2, 0.25) is 0 Å². The minimum absolute atomic E-state index is 0.0553. The lowest BCUT2D eigenvalue weighted by molar-refractivity contribution is 0.0932. The molecular weight excluding hydrogens is 432 g/mol. The van der Waals surface area contributed by atoms with Crippen LogP contribution in [0.5, 0.6) is 0 Å². The summed E-state index contributed by atoms with van der Waals surface area (Å²) in [5.74, 6) is -0.328. The molecule has 4 rings (SSSR count). The van der Waals surface area contributed by atoms with Gasteiger partial charge in [-0.1, -0.05) is 48.0 Å². The number of carbonyl (C=O) groups excluding carboxylic acids is 1. The molecule has 0 bridgehead atoms. The van der Waals surface area contributed by atoms with Gasteiger partial charge in [-0.3, -0.25) is 9.52 Å². The van der Waals surface area contributed by atoms with Gasteiger partial charge in [0.25, 0.3) is 15.9 Å². The van der Waals surface area contributed by atoms with E-state index in [0.29, 0.717) is 5.69 Å². The summed E-state index contributed by atoms with van der Waals surface area (Å²) in [5.41, 5.74) is 3.96. The fraction of sp³-hybridized carbons (Fsp3) is 0.208. The zero-order valence-corrected chi connectivity index (χ0v) is 18.6. The van der Waals surface area contributed by atoms with E-state index in [0.717, 1.165) is 30.4 Å². The highest BCUT2D eigenvalue weighted by Crippen LogP contribution is 2.30. The molecule has 0 spiro atoms. The Morgan fingerprint density at radius 3 is 2.65 bits per heavy atom. The molecule has 1 aliphatic rings. The summed E-state index contributed by atoms with van der Waals surface area (Å²) in [5, 5.41) is 3.10. The third kappa shape index (κ3) is 4.75. The highest BCUT2D eigenvalue weighted by atomic mass is 35.5. The van der Waals surface area contributed by atoms with Crippen LogP contribution in [0.15, 0.2) is 71.6 Å². The van der Waals surface area contributed by atoms with E-state index in [1.807, 2.05) is 31.2 Å². The molecule has 5 nitrogen and oxygen atoms in total. The molecule has 0 fully saturated rings. The van der Waals surface area contributed by atoms with Gasteiger partial charge < -0.3 is 5.32 Å². The van der Waals surface area contributed by atoms with Crippen LogP contribution in [0.25, 0.3) is 0 Å². The highest BCUT2D eigenvalue weighted by molar-refractivity contribution is 7.92. The van der Waals surface area contributed by atoms with E-state index < -0.39 is 10.0 Å². The molecule has 160 valence electrons. The fourth-order valence-electron chi connectivity index (χ4n) is 3.91. The van der Waals surface area contributed by atoms with Crippen molar-refractivity contribution in [2.24, 2.45) is 0 Å². The lowest BCUT2D eigenvalue weighted by Gasteiger charge is -2.26. The standard InChI is InChI=1S/C24H23ClN2O3S/c1-16-6-4-9-19(14-16)27-31(29,30)23-15-18(12-13-21(23)25)24(28)26-22-11-5-8-17-7-2-3-10-20(17)22/h2-4,6-7,9-10,12-15,22,27H,5,8,11H2,1H3,(H,26,28)/t22-/m1/s1. The second-order valence-electron chi connectivity index (χ2n) is 7.74. The summed E-state index contributed by atoms with van der Waals surface area (Å²) in [6, 6.07) is 19.3. The molecule has 31 heavy (non-hydrogen) atoms. The summed E-state index contributed by atoms with van der Waals surface area (Å²) in [4.78, 5) is 12.8. The summed E-state index contributed by atoms with van der Waals surface area (Å²) >= 11 is 6.19. The number of fused-ring (bicyclic) bond motifs is 1. The Kier molecular flexibility index (Phi) is 6.03. The topological polar surface area (TPSA) is 75.3 Å². The first-order valence-electron chi connectivity index (χ1n) is 10.1. The normalized spacial score (nSPS) is 15.7. The quantitative estimate of drug-likeness (QED) is 0.552.